The highest BCUT2D eigenvalue weighted by Crippen LogP contribution is 2.38. The molecule has 2 aromatic heterocycles. The van der Waals surface area contributed by atoms with Crippen molar-refractivity contribution in [3.8, 4) is 0 Å². The van der Waals surface area contributed by atoms with Crippen molar-refractivity contribution in [2.24, 2.45) is 0 Å². The van der Waals surface area contributed by atoms with E-state index in [1.165, 1.54) is 6.07 Å². The summed E-state index contributed by atoms with van der Waals surface area (Å²) in [6, 6.07) is 10.9. The van der Waals surface area contributed by atoms with E-state index < -0.39 is 0 Å². The zero-order valence-corrected chi connectivity index (χ0v) is 12.3. The molecule has 0 radical (unpaired) electrons. The fourth-order valence-corrected chi connectivity index (χ4v) is 3.19. The average Bonchev–Trinajstić information content (AvgIpc) is 3.21. The molecule has 0 bridgehead atoms. The van der Waals surface area contributed by atoms with Crippen molar-refractivity contribution in [2.75, 3.05) is 11.4 Å². The van der Waals surface area contributed by atoms with Crippen LogP contribution in [0.3, 0.4) is 0 Å². The Balaban J connectivity index is 1.76. The predicted octanol–water partition coefficient (Wildman–Crippen LogP) is 3.21. The number of aromatic nitrogens is 3. The number of anilines is 1. The second-order valence-corrected chi connectivity index (χ2v) is 5.59. The van der Waals surface area contributed by atoms with Gasteiger partial charge in [0, 0.05) is 18.8 Å². The van der Waals surface area contributed by atoms with Crippen LogP contribution in [0.4, 0.5) is 11.5 Å². The molecule has 1 aromatic carbocycles. The Morgan fingerprint density at radius 2 is 2.13 bits per heavy atom. The summed E-state index contributed by atoms with van der Waals surface area (Å²) in [5, 5.41) is 11.3. The van der Waals surface area contributed by atoms with Crippen LogP contribution in [0.2, 0.25) is 0 Å². The fourth-order valence-electron chi connectivity index (χ4n) is 3.19. The summed E-state index contributed by atoms with van der Waals surface area (Å²) in [4.78, 5) is 25.1. The molecule has 0 unspecified atom stereocenters. The first-order chi connectivity index (χ1) is 11.2. The van der Waals surface area contributed by atoms with E-state index in [2.05, 4.69) is 15.0 Å². The lowest BCUT2D eigenvalue weighted by molar-refractivity contribution is -0.384. The van der Waals surface area contributed by atoms with Gasteiger partial charge in [-0.25, -0.2) is 9.97 Å². The number of benzene rings is 1. The Morgan fingerprint density at radius 1 is 1.26 bits per heavy atom. The molecule has 0 aliphatic carbocycles. The Hall–Kier alpha value is -2.96. The molecular weight excluding hydrogens is 294 g/mol. The molecular formula is C16H15N5O2. The average molecular weight is 309 g/mol. The second kappa shape index (κ2) is 5.35. The van der Waals surface area contributed by atoms with Crippen molar-refractivity contribution in [1.29, 1.82) is 0 Å². The van der Waals surface area contributed by atoms with E-state index in [-0.39, 0.29) is 16.7 Å². The number of hydrogen-bond acceptors (Lipinski definition) is 5. The van der Waals surface area contributed by atoms with E-state index in [4.69, 9.17) is 0 Å². The summed E-state index contributed by atoms with van der Waals surface area (Å²) in [6.07, 6.45) is 3.44. The third kappa shape index (κ3) is 2.30. The zero-order valence-electron chi connectivity index (χ0n) is 12.3. The van der Waals surface area contributed by atoms with Crippen LogP contribution in [-0.4, -0.2) is 26.4 Å². The first-order valence-electron chi connectivity index (χ1n) is 7.55. The maximum Gasteiger partial charge on any atom is 0.311 e. The van der Waals surface area contributed by atoms with Gasteiger partial charge in [0.15, 0.2) is 0 Å². The molecule has 0 saturated carbocycles. The number of nitro groups is 1. The van der Waals surface area contributed by atoms with Gasteiger partial charge in [-0.05, 0) is 31.0 Å². The summed E-state index contributed by atoms with van der Waals surface area (Å²) in [5.41, 5.74) is 1.92. The molecule has 0 amide bonds. The van der Waals surface area contributed by atoms with Gasteiger partial charge in [0.25, 0.3) is 0 Å². The number of pyridine rings is 1. The molecule has 1 saturated heterocycles. The summed E-state index contributed by atoms with van der Waals surface area (Å²) >= 11 is 0. The van der Waals surface area contributed by atoms with Crippen LogP contribution < -0.4 is 4.90 Å². The van der Waals surface area contributed by atoms with Crippen LogP contribution in [0.25, 0.3) is 11.0 Å². The standard InChI is InChI=1S/C16H15N5O2/c22-21(23)14-7-3-9-17-16(14)20-10-4-8-13(20)15-18-11-5-1-2-6-12(11)19-15/h1-3,5-7,9,13H,4,8,10H2,(H,18,19)/t13-/m0/s1. The number of imidazole rings is 1. The van der Waals surface area contributed by atoms with Crippen molar-refractivity contribution < 1.29 is 4.92 Å². The highest BCUT2D eigenvalue weighted by molar-refractivity contribution is 5.75. The molecule has 0 spiro atoms. The minimum atomic E-state index is -0.379. The maximum absolute atomic E-state index is 11.3. The number of rotatable bonds is 3. The number of nitrogens with one attached hydrogen (secondary N) is 1. The molecule has 3 aromatic rings. The molecule has 4 rings (SSSR count). The second-order valence-electron chi connectivity index (χ2n) is 5.59. The normalized spacial score (nSPS) is 17.7. The minimum absolute atomic E-state index is 0.0176. The first-order valence-corrected chi connectivity index (χ1v) is 7.55. The van der Waals surface area contributed by atoms with Crippen molar-refractivity contribution in [1.82, 2.24) is 15.0 Å². The van der Waals surface area contributed by atoms with Gasteiger partial charge in [-0.3, -0.25) is 10.1 Å². The van der Waals surface area contributed by atoms with Gasteiger partial charge in [0.1, 0.15) is 5.82 Å². The van der Waals surface area contributed by atoms with Crippen molar-refractivity contribution in [3.05, 3.63) is 58.5 Å². The van der Waals surface area contributed by atoms with Crippen molar-refractivity contribution >= 4 is 22.5 Å². The van der Waals surface area contributed by atoms with Gasteiger partial charge in [-0.15, -0.1) is 0 Å². The molecule has 1 fully saturated rings. The molecule has 1 atom stereocenters. The van der Waals surface area contributed by atoms with E-state index in [0.29, 0.717) is 5.82 Å². The number of aromatic amines is 1. The van der Waals surface area contributed by atoms with Gasteiger partial charge in [-0.1, -0.05) is 12.1 Å². The summed E-state index contributed by atoms with van der Waals surface area (Å²) in [5.74, 6) is 1.25. The number of hydrogen-bond donors (Lipinski definition) is 1. The first kappa shape index (κ1) is 13.7. The molecule has 23 heavy (non-hydrogen) atoms. The highest BCUT2D eigenvalue weighted by atomic mass is 16.6. The smallest absolute Gasteiger partial charge is 0.311 e. The van der Waals surface area contributed by atoms with Crippen LogP contribution in [-0.2, 0) is 0 Å². The van der Waals surface area contributed by atoms with Gasteiger partial charge >= 0.3 is 5.69 Å². The highest BCUT2D eigenvalue weighted by Gasteiger charge is 2.33. The molecule has 1 aliphatic heterocycles. The third-order valence-electron chi connectivity index (χ3n) is 4.21. The lowest BCUT2D eigenvalue weighted by Gasteiger charge is -2.23. The van der Waals surface area contributed by atoms with Crippen molar-refractivity contribution in [2.45, 2.75) is 18.9 Å². The van der Waals surface area contributed by atoms with E-state index in [1.807, 2.05) is 29.2 Å². The fraction of sp³-hybridized carbons (Fsp3) is 0.250. The Bertz CT molecular complexity index is 843. The van der Waals surface area contributed by atoms with E-state index in [9.17, 15) is 10.1 Å². The Kier molecular flexibility index (Phi) is 3.18. The van der Waals surface area contributed by atoms with Gasteiger partial charge in [-0.2, -0.15) is 0 Å². The SMILES string of the molecule is O=[N+]([O-])c1cccnc1N1CCC[C@H]1c1nc2ccccc2[nH]1. The van der Waals surface area contributed by atoms with Crippen LogP contribution in [0.1, 0.15) is 24.7 Å². The maximum atomic E-state index is 11.3. The summed E-state index contributed by atoms with van der Waals surface area (Å²) in [6.45, 7) is 0.736. The van der Waals surface area contributed by atoms with Crippen LogP contribution >= 0.6 is 0 Å². The minimum Gasteiger partial charge on any atom is -0.341 e. The number of para-hydroxylation sites is 2. The van der Waals surface area contributed by atoms with Gasteiger partial charge in [0.05, 0.1) is 22.0 Å². The van der Waals surface area contributed by atoms with Crippen LogP contribution in [0, 0.1) is 10.1 Å². The van der Waals surface area contributed by atoms with E-state index >= 15 is 0 Å². The largest absolute Gasteiger partial charge is 0.341 e. The monoisotopic (exact) mass is 309 g/mol. The molecule has 7 nitrogen and oxygen atoms in total. The van der Waals surface area contributed by atoms with E-state index in [0.717, 1.165) is 36.2 Å². The molecule has 3 heterocycles. The third-order valence-corrected chi connectivity index (χ3v) is 4.21. The zero-order chi connectivity index (χ0) is 15.8. The lowest BCUT2D eigenvalue weighted by Crippen LogP contribution is -2.25. The quantitative estimate of drug-likeness (QED) is 0.593. The van der Waals surface area contributed by atoms with Crippen LogP contribution in [0.5, 0.6) is 0 Å². The van der Waals surface area contributed by atoms with Crippen molar-refractivity contribution in [3.63, 3.8) is 0 Å². The van der Waals surface area contributed by atoms with E-state index in [1.54, 1.807) is 12.3 Å². The number of nitrogens with zero attached hydrogens (tertiary/aromatic N) is 4. The Labute approximate surface area is 132 Å². The molecule has 7 heteroatoms. The summed E-state index contributed by atoms with van der Waals surface area (Å²) < 4.78 is 0. The molecule has 1 N–H and O–H groups in total. The predicted molar refractivity (Wildman–Crippen MR) is 86.3 cm³/mol. The van der Waals surface area contributed by atoms with Gasteiger partial charge in [0.2, 0.25) is 5.82 Å². The lowest BCUT2D eigenvalue weighted by atomic mass is 10.2. The summed E-state index contributed by atoms with van der Waals surface area (Å²) in [7, 11) is 0. The van der Waals surface area contributed by atoms with Crippen LogP contribution in [0.15, 0.2) is 42.6 Å². The topological polar surface area (TPSA) is 87.9 Å². The Morgan fingerprint density at radius 3 is 2.96 bits per heavy atom. The number of fused-ring (bicyclic) bond motifs is 1. The number of H-pyrrole nitrogens is 1. The van der Waals surface area contributed by atoms with Gasteiger partial charge < -0.3 is 9.88 Å². The molecule has 1 aliphatic rings. The molecule has 116 valence electrons.